The van der Waals surface area contributed by atoms with Gasteiger partial charge >= 0.3 is 5.63 Å². The first-order valence-electron chi connectivity index (χ1n) is 7.56. The second kappa shape index (κ2) is 6.60. The van der Waals surface area contributed by atoms with Gasteiger partial charge in [-0.3, -0.25) is 0 Å². The quantitative estimate of drug-likeness (QED) is 0.651. The van der Waals surface area contributed by atoms with Gasteiger partial charge in [-0.2, -0.15) is 0 Å². The summed E-state index contributed by atoms with van der Waals surface area (Å²) in [5, 5.41) is 0.470. The van der Waals surface area contributed by atoms with Crippen molar-refractivity contribution in [2.24, 2.45) is 0 Å². The molecule has 0 radical (unpaired) electrons. The van der Waals surface area contributed by atoms with E-state index in [0.29, 0.717) is 23.5 Å². The molecule has 130 valence electrons. The van der Waals surface area contributed by atoms with Crippen molar-refractivity contribution in [3.8, 4) is 11.5 Å². The number of ether oxygens (including phenoxy) is 2. The second-order valence-electron chi connectivity index (χ2n) is 5.18. The zero-order chi connectivity index (χ0) is 18.0. The van der Waals surface area contributed by atoms with Crippen molar-refractivity contribution in [1.29, 1.82) is 0 Å². The number of hydrogen-bond acceptors (Lipinski definition) is 6. The van der Waals surface area contributed by atoms with Crippen LogP contribution in [0.2, 0.25) is 0 Å². The molecule has 0 saturated heterocycles. The largest absolute Gasteiger partial charge is 0.497 e. The van der Waals surface area contributed by atoms with Crippen molar-refractivity contribution in [2.75, 3.05) is 13.7 Å². The molecular formula is C18H16O6S. The van der Waals surface area contributed by atoms with Crippen molar-refractivity contribution in [3.05, 3.63) is 59.0 Å². The van der Waals surface area contributed by atoms with Crippen molar-refractivity contribution in [2.45, 2.75) is 16.7 Å². The fraction of sp³-hybridized carbons (Fsp3) is 0.167. The Bertz CT molecular complexity index is 1060. The Morgan fingerprint density at radius 1 is 1.08 bits per heavy atom. The van der Waals surface area contributed by atoms with E-state index in [9.17, 15) is 13.2 Å². The Labute approximate surface area is 144 Å². The average molecular weight is 360 g/mol. The number of benzene rings is 2. The van der Waals surface area contributed by atoms with Gasteiger partial charge in [0.2, 0.25) is 9.84 Å². The van der Waals surface area contributed by atoms with Crippen molar-refractivity contribution in [1.82, 2.24) is 0 Å². The van der Waals surface area contributed by atoms with Gasteiger partial charge in [0, 0.05) is 5.39 Å². The first-order chi connectivity index (χ1) is 12.0. The van der Waals surface area contributed by atoms with Crippen LogP contribution >= 0.6 is 0 Å². The maximum Gasteiger partial charge on any atom is 0.355 e. The minimum absolute atomic E-state index is 0.0130. The lowest BCUT2D eigenvalue weighted by Gasteiger charge is -2.08. The molecule has 25 heavy (non-hydrogen) atoms. The second-order valence-corrected chi connectivity index (χ2v) is 7.10. The summed E-state index contributed by atoms with van der Waals surface area (Å²) in [5.74, 6) is 0.913. The highest BCUT2D eigenvalue weighted by Gasteiger charge is 2.24. The molecule has 1 aromatic heterocycles. The molecule has 0 spiro atoms. The molecule has 3 aromatic rings. The van der Waals surface area contributed by atoms with E-state index in [4.69, 9.17) is 13.9 Å². The average Bonchev–Trinajstić information content (AvgIpc) is 2.62. The van der Waals surface area contributed by atoms with Crippen molar-refractivity contribution in [3.63, 3.8) is 0 Å². The van der Waals surface area contributed by atoms with E-state index in [1.54, 1.807) is 25.1 Å². The van der Waals surface area contributed by atoms with Gasteiger partial charge in [0.1, 0.15) is 5.75 Å². The van der Waals surface area contributed by atoms with Crippen LogP contribution in [0.1, 0.15) is 6.92 Å². The molecule has 0 aliphatic rings. The highest BCUT2D eigenvalue weighted by atomic mass is 32.2. The fourth-order valence-electron chi connectivity index (χ4n) is 2.44. The number of methoxy groups -OCH3 is 1. The normalized spacial score (nSPS) is 11.4. The van der Waals surface area contributed by atoms with Gasteiger partial charge in [-0.05, 0) is 43.3 Å². The van der Waals surface area contributed by atoms with Crippen LogP contribution in [0.25, 0.3) is 11.0 Å². The van der Waals surface area contributed by atoms with Gasteiger partial charge in [-0.1, -0.05) is 12.1 Å². The summed E-state index contributed by atoms with van der Waals surface area (Å²) >= 11 is 0. The van der Waals surface area contributed by atoms with E-state index in [1.807, 2.05) is 0 Å². The minimum Gasteiger partial charge on any atom is -0.497 e. The molecule has 1 heterocycles. The molecule has 6 nitrogen and oxygen atoms in total. The van der Waals surface area contributed by atoms with Gasteiger partial charge < -0.3 is 13.9 Å². The number of fused-ring (bicyclic) bond motifs is 1. The minimum atomic E-state index is -4.01. The molecule has 0 N–H and O–H groups in total. The Morgan fingerprint density at radius 3 is 2.44 bits per heavy atom. The van der Waals surface area contributed by atoms with E-state index in [0.717, 1.165) is 0 Å². The van der Waals surface area contributed by atoms with Crippen LogP contribution in [0.4, 0.5) is 0 Å². The van der Waals surface area contributed by atoms with Gasteiger partial charge in [0.05, 0.1) is 18.6 Å². The predicted octanol–water partition coefficient (Wildman–Crippen LogP) is 3.03. The third-order valence-electron chi connectivity index (χ3n) is 3.65. The lowest BCUT2D eigenvalue weighted by Crippen LogP contribution is -2.14. The predicted molar refractivity (Wildman–Crippen MR) is 92.1 cm³/mol. The molecule has 0 unspecified atom stereocenters. The number of rotatable bonds is 5. The Hall–Kier alpha value is -2.80. The molecule has 3 rings (SSSR count). The van der Waals surface area contributed by atoms with Crippen molar-refractivity contribution < 1.29 is 22.3 Å². The topological polar surface area (TPSA) is 82.8 Å². The molecule has 0 saturated carbocycles. The van der Waals surface area contributed by atoms with Gasteiger partial charge in [-0.25, -0.2) is 13.2 Å². The van der Waals surface area contributed by atoms with E-state index < -0.39 is 20.4 Å². The standard InChI is InChI=1S/C18H16O6S/c1-3-23-15-6-4-5-12-11-16(18(19)24-17(12)15)25(20,21)14-9-7-13(22-2)8-10-14/h4-11H,3H2,1-2H3. The third-order valence-corrected chi connectivity index (χ3v) is 5.41. The molecule has 0 aliphatic heterocycles. The molecule has 0 bridgehead atoms. The monoisotopic (exact) mass is 360 g/mol. The number of sulfone groups is 1. The van der Waals surface area contributed by atoms with Crippen LogP contribution in [-0.2, 0) is 9.84 Å². The maximum atomic E-state index is 12.8. The molecular weight excluding hydrogens is 344 g/mol. The van der Waals surface area contributed by atoms with Gasteiger partial charge in [-0.15, -0.1) is 0 Å². The van der Waals surface area contributed by atoms with Crippen molar-refractivity contribution >= 4 is 20.8 Å². The third kappa shape index (κ3) is 3.10. The van der Waals surface area contributed by atoms with Crippen LogP contribution < -0.4 is 15.1 Å². The highest BCUT2D eigenvalue weighted by Crippen LogP contribution is 2.28. The van der Waals surface area contributed by atoms with E-state index in [2.05, 4.69) is 0 Å². The lowest BCUT2D eigenvalue weighted by atomic mass is 10.2. The summed E-state index contributed by atoms with van der Waals surface area (Å²) in [7, 11) is -2.53. The number of para-hydroxylation sites is 1. The van der Waals surface area contributed by atoms with Gasteiger partial charge in [0.15, 0.2) is 16.2 Å². The van der Waals surface area contributed by atoms with E-state index in [-0.39, 0.29) is 10.5 Å². The molecule has 7 heteroatoms. The Morgan fingerprint density at radius 2 is 1.80 bits per heavy atom. The Kier molecular flexibility index (Phi) is 4.50. The summed E-state index contributed by atoms with van der Waals surface area (Å²) in [4.78, 5) is 11.9. The first kappa shape index (κ1) is 17.0. The summed E-state index contributed by atoms with van der Waals surface area (Å²) < 4.78 is 41.2. The molecule has 2 aromatic carbocycles. The SMILES string of the molecule is CCOc1cccc2cc(S(=O)(=O)c3ccc(OC)cc3)c(=O)oc12. The molecule has 0 fully saturated rings. The van der Waals surface area contributed by atoms with Crippen LogP contribution in [0.15, 0.2) is 67.5 Å². The highest BCUT2D eigenvalue weighted by molar-refractivity contribution is 7.91. The maximum absolute atomic E-state index is 12.8. The first-order valence-corrected chi connectivity index (χ1v) is 9.04. The Balaban J connectivity index is 2.17. The lowest BCUT2D eigenvalue weighted by molar-refractivity contribution is 0.336. The zero-order valence-corrected chi connectivity index (χ0v) is 14.5. The van der Waals surface area contributed by atoms with Gasteiger partial charge in [0.25, 0.3) is 0 Å². The van der Waals surface area contributed by atoms with E-state index in [1.165, 1.54) is 37.4 Å². The van der Waals surface area contributed by atoms with Crippen LogP contribution in [0.3, 0.4) is 0 Å². The van der Waals surface area contributed by atoms with Crippen LogP contribution in [-0.4, -0.2) is 22.1 Å². The summed E-state index contributed by atoms with van der Waals surface area (Å²) in [6.07, 6.45) is 0. The fourth-order valence-corrected chi connectivity index (χ4v) is 3.73. The molecule has 0 amide bonds. The summed E-state index contributed by atoms with van der Waals surface area (Å²) in [5.41, 5.74) is -0.710. The van der Waals surface area contributed by atoms with Crippen LogP contribution in [0.5, 0.6) is 11.5 Å². The summed E-state index contributed by atoms with van der Waals surface area (Å²) in [6, 6.07) is 12.1. The summed E-state index contributed by atoms with van der Waals surface area (Å²) in [6.45, 7) is 2.20. The number of hydrogen-bond donors (Lipinski definition) is 0. The van der Waals surface area contributed by atoms with Crippen LogP contribution in [0, 0.1) is 0 Å². The zero-order valence-electron chi connectivity index (χ0n) is 13.7. The smallest absolute Gasteiger partial charge is 0.355 e. The molecule has 0 aliphatic carbocycles. The van der Waals surface area contributed by atoms with E-state index >= 15 is 0 Å². The molecule has 0 atom stereocenters.